The SMILES string of the molecule is CC/C=C\C/C=C\C/C=C\C/C=C\C/C=C\C/C=C\CCCCCCC(=O)OCC(COC(=O)CCCCCCCCCCCCCCC)OC(=O)CCCC/C=C\C/C=C\C/C=C\C/C=C\CC. The third kappa shape index (κ3) is 54.6. The standard InChI is InChI=1S/C63H102O6/c1-4-7-10-13-16-19-22-25-27-28-29-30-31-32-33-34-36-38-41-44-47-50-53-56-62(65)68-59-60(58-67-61(64)55-52-49-46-43-40-37-24-21-18-15-12-9-6-3)69-63(66)57-54-51-48-45-42-39-35-26-23-20-17-14-11-8-5-2/h7-8,10-11,16-17,19-20,25-27,29-30,32-33,35-36,38,42,45,60H,4-6,9,12-15,18,21-24,28,31,34,37,39-41,43-44,46-59H2,1-3H3/b10-7-,11-8-,19-16-,20-17-,27-25-,30-29-,33-32-,35-26-,38-36-,45-42-. The van der Waals surface area contributed by atoms with Gasteiger partial charge in [0.2, 0.25) is 0 Å². The Bertz CT molecular complexity index is 1470. The van der Waals surface area contributed by atoms with Crippen LogP contribution < -0.4 is 0 Å². The Balaban J connectivity index is 4.47. The van der Waals surface area contributed by atoms with Crippen molar-refractivity contribution < 1.29 is 28.6 Å². The van der Waals surface area contributed by atoms with E-state index in [1.807, 2.05) is 0 Å². The summed E-state index contributed by atoms with van der Waals surface area (Å²) in [7, 11) is 0. The molecule has 6 heteroatoms. The van der Waals surface area contributed by atoms with Crippen LogP contribution in [-0.4, -0.2) is 37.2 Å². The van der Waals surface area contributed by atoms with Gasteiger partial charge < -0.3 is 14.2 Å². The average molecular weight is 956 g/mol. The zero-order valence-electron chi connectivity index (χ0n) is 44.5. The minimum Gasteiger partial charge on any atom is -0.462 e. The fraction of sp³-hybridized carbons (Fsp3) is 0.635. The fourth-order valence-electron chi connectivity index (χ4n) is 7.32. The highest BCUT2D eigenvalue weighted by molar-refractivity contribution is 5.71. The number of rotatable bonds is 49. The van der Waals surface area contributed by atoms with Crippen LogP contribution in [0.25, 0.3) is 0 Å². The first-order chi connectivity index (χ1) is 34.0. The number of unbranched alkanes of at least 4 members (excludes halogenated alkanes) is 18. The summed E-state index contributed by atoms with van der Waals surface area (Å²) >= 11 is 0. The van der Waals surface area contributed by atoms with E-state index in [0.29, 0.717) is 19.3 Å². The summed E-state index contributed by atoms with van der Waals surface area (Å²) in [6.07, 6.45) is 77.6. The highest BCUT2D eigenvalue weighted by Crippen LogP contribution is 2.14. The predicted molar refractivity (Wildman–Crippen MR) is 297 cm³/mol. The van der Waals surface area contributed by atoms with E-state index in [-0.39, 0.29) is 37.5 Å². The van der Waals surface area contributed by atoms with Crippen LogP contribution in [0.4, 0.5) is 0 Å². The second kappa shape index (κ2) is 56.4. The molecule has 0 fully saturated rings. The molecular formula is C63H102O6. The van der Waals surface area contributed by atoms with Gasteiger partial charge in [-0.25, -0.2) is 0 Å². The van der Waals surface area contributed by atoms with Gasteiger partial charge in [-0.05, 0) is 109 Å². The molecule has 0 saturated heterocycles. The summed E-state index contributed by atoms with van der Waals surface area (Å²) in [5.41, 5.74) is 0. The molecule has 1 unspecified atom stereocenters. The first kappa shape index (κ1) is 64.8. The second-order valence-corrected chi connectivity index (χ2v) is 18.1. The lowest BCUT2D eigenvalue weighted by molar-refractivity contribution is -0.167. The number of allylic oxidation sites excluding steroid dienone is 20. The summed E-state index contributed by atoms with van der Waals surface area (Å²) in [4.78, 5) is 38.1. The number of esters is 3. The van der Waals surface area contributed by atoms with Crippen molar-refractivity contribution in [1.29, 1.82) is 0 Å². The van der Waals surface area contributed by atoms with Crippen LogP contribution in [-0.2, 0) is 28.6 Å². The lowest BCUT2D eigenvalue weighted by atomic mass is 10.0. The molecule has 0 aromatic rings. The normalized spacial score (nSPS) is 13.0. The highest BCUT2D eigenvalue weighted by atomic mass is 16.6. The van der Waals surface area contributed by atoms with Crippen molar-refractivity contribution in [3.8, 4) is 0 Å². The molecule has 0 amide bonds. The molecule has 1 atom stereocenters. The Hall–Kier alpha value is -4.19. The van der Waals surface area contributed by atoms with Crippen molar-refractivity contribution in [2.45, 2.75) is 245 Å². The highest BCUT2D eigenvalue weighted by Gasteiger charge is 2.19. The Morgan fingerprint density at radius 3 is 0.913 bits per heavy atom. The fourth-order valence-corrected chi connectivity index (χ4v) is 7.32. The van der Waals surface area contributed by atoms with Crippen molar-refractivity contribution in [3.63, 3.8) is 0 Å². The molecular weight excluding hydrogens is 853 g/mol. The minimum absolute atomic E-state index is 0.104. The van der Waals surface area contributed by atoms with E-state index >= 15 is 0 Å². The van der Waals surface area contributed by atoms with Crippen LogP contribution >= 0.6 is 0 Å². The Kier molecular flexibility index (Phi) is 53.0. The third-order valence-corrected chi connectivity index (χ3v) is 11.5. The molecule has 0 radical (unpaired) electrons. The first-order valence-corrected chi connectivity index (χ1v) is 28.0. The van der Waals surface area contributed by atoms with Gasteiger partial charge in [-0.1, -0.05) is 232 Å². The van der Waals surface area contributed by atoms with Gasteiger partial charge in [0.25, 0.3) is 0 Å². The largest absolute Gasteiger partial charge is 0.462 e. The summed E-state index contributed by atoms with van der Waals surface area (Å²) in [6, 6.07) is 0. The molecule has 0 aliphatic rings. The molecule has 0 aromatic heterocycles. The number of hydrogen-bond donors (Lipinski definition) is 0. The van der Waals surface area contributed by atoms with E-state index < -0.39 is 6.10 Å². The number of carbonyl (C=O) groups is 3. The molecule has 0 rings (SSSR count). The molecule has 0 saturated carbocycles. The average Bonchev–Trinajstić information content (AvgIpc) is 3.35. The minimum atomic E-state index is -0.812. The van der Waals surface area contributed by atoms with Crippen molar-refractivity contribution in [1.82, 2.24) is 0 Å². The molecule has 0 aromatic carbocycles. The predicted octanol–water partition coefficient (Wildman–Crippen LogP) is 18.9. The quantitative estimate of drug-likeness (QED) is 0.0262. The van der Waals surface area contributed by atoms with Crippen LogP contribution in [0.2, 0.25) is 0 Å². The molecule has 0 spiro atoms. The molecule has 6 nitrogen and oxygen atoms in total. The maximum absolute atomic E-state index is 12.8. The van der Waals surface area contributed by atoms with E-state index in [2.05, 4.69) is 142 Å². The second-order valence-electron chi connectivity index (χ2n) is 18.1. The lowest BCUT2D eigenvalue weighted by Crippen LogP contribution is -2.30. The van der Waals surface area contributed by atoms with Gasteiger partial charge in [-0.3, -0.25) is 14.4 Å². The van der Waals surface area contributed by atoms with Crippen molar-refractivity contribution in [3.05, 3.63) is 122 Å². The van der Waals surface area contributed by atoms with E-state index in [1.165, 1.54) is 64.2 Å². The third-order valence-electron chi connectivity index (χ3n) is 11.5. The van der Waals surface area contributed by atoms with E-state index in [1.54, 1.807) is 0 Å². The molecule has 390 valence electrons. The van der Waals surface area contributed by atoms with Gasteiger partial charge >= 0.3 is 17.9 Å². The Labute approximate surface area is 424 Å². The summed E-state index contributed by atoms with van der Waals surface area (Å²) in [6.45, 7) is 6.35. The number of carbonyl (C=O) groups excluding carboxylic acids is 3. The summed E-state index contributed by atoms with van der Waals surface area (Å²) < 4.78 is 16.8. The van der Waals surface area contributed by atoms with E-state index in [9.17, 15) is 14.4 Å². The van der Waals surface area contributed by atoms with Crippen LogP contribution in [0.3, 0.4) is 0 Å². The number of hydrogen-bond acceptors (Lipinski definition) is 6. The first-order valence-electron chi connectivity index (χ1n) is 28.0. The van der Waals surface area contributed by atoms with Crippen molar-refractivity contribution >= 4 is 17.9 Å². The zero-order chi connectivity index (χ0) is 50.0. The Morgan fingerprint density at radius 2 is 0.565 bits per heavy atom. The smallest absolute Gasteiger partial charge is 0.306 e. The molecule has 0 aliphatic carbocycles. The van der Waals surface area contributed by atoms with Crippen molar-refractivity contribution in [2.75, 3.05) is 13.2 Å². The van der Waals surface area contributed by atoms with Gasteiger partial charge in [0.1, 0.15) is 13.2 Å². The van der Waals surface area contributed by atoms with Crippen LogP contribution in [0.1, 0.15) is 239 Å². The summed E-state index contributed by atoms with van der Waals surface area (Å²) in [5.74, 6) is -0.975. The van der Waals surface area contributed by atoms with E-state index in [4.69, 9.17) is 14.2 Å². The molecule has 69 heavy (non-hydrogen) atoms. The Morgan fingerprint density at radius 1 is 0.304 bits per heavy atom. The van der Waals surface area contributed by atoms with Gasteiger partial charge in [0, 0.05) is 19.3 Å². The van der Waals surface area contributed by atoms with E-state index in [0.717, 1.165) is 128 Å². The summed E-state index contributed by atoms with van der Waals surface area (Å²) in [5, 5.41) is 0. The van der Waals surface area contributed by atoms with Crippen LogP contribution in [0, 0.1) is 0 Å². The van der Waals surface area contributed by atoms with Crippen LogP contribution in [0.15, 0.2) is 122 Å². The maximum atomic E-state index is 12.8. The van der Waals surface area contributed by atoms with Crippen molar-refractivity contribution in [2.24, 2.45) is 0 Å². The van der Waals surface area contributed by atoms with Gasteiger partial charge in [0.15, 0.2) is 6.10 Å². The topological polar surface area (TPSA) is 78.9 Å². The van der Waals surface area contributed by atoms with Gasteiger partial charge in [-0.15, -0.1) is 0 Å². The molecule has 0 N–H and O–H groups in total. The number of ether oxygens (including phenoxy) is 3. The molecule has 0 bridgehead atoms. The molecule has 0 heterocycles. The maximum Gasteiger partial charge on any atom is 0.306 e. The van der Waals surface area contributed by atoms with Gasteiger partial charge in [-0.2, -0.15) is 0 Å². The zero-order valence-corrected chi connectivity index (χ0v) is 44.5. The molecule has 0 aliphatic heterocycles. The monoisotopic (exact) mass is 955 g/mol. The lowest BCUT2D eigenvalue weighted by Gasteiger charge is -2.18. The van der Waals surface area contributed by atoms with Gasteiger partial charge in [0.05, 0.1) is 0 Å². The van der Waals surface area contributed by atoms with Crippen LogP contribution in [0.5, 0.6) is 0 Å².